The van der Waals surface area contributed by atoms with Crippen LogP contribution < -0.4 is 9.62 Å². The fourth-order valence-corrected chi connectivity index (χ4v) is 4.45. The minimum atomic E-state index is -2.56. The van der Waals surface area contributed by atoms with Crippen molar-refractivity contribution in [2.45, 2.75) is 41.0 Å². The summed E-state index contributed by atoms with van der Waals surface area (Å²) in [5, 5.41) is 11.8. The maximum atomic E-state index is 12.7. The molecule has 0 bridgehead atoms. The zero-order valence-electron chi connectivity index (χ0n) is 19.4. The third-order valence-corrected chi connectivity index (χ3v) is 6.55. The summed E-state index contributed by atoms with van der Waals surface area (Å²) in [7, 11) is 0. The molecule has 1 amide bonds. The first-order chi connectivity index (χ1) is 15.6. The van der Waals surface area contributed by atoms with E-state index >= 15 is 0 Å². The number of hydrogen-bond acceptors (Lipinski definition) is 4. The molecule has 170 valence electrons. The largest absolute Gasteiger partial charge is 0.755 e. The van der Waals surface area contributed by atoms with Crippen molar-refractivity contribution in [3.8, 4) is 6.07 Å². The monoisotopic (exact) mass is 460 g/mol. The van der Waals surface area contributed by atoms with E-state index in [-0.39, 0.29) is 12.3 Å². The van der Waals surface area contributed by atoms with Gasteiger partial charge in [0.25, 0.3) is 0 Å². The molecule has 0 saturated heterocycles. The lowest BCUT2D eigenvalue weighted by molar-refractivity contribution is -0.115. The highest BCUT2D eigenvalue weighted by Crippen LogP contribution is 2.37. The van der Waals surface area contributed by atoms with Gasteiger partial charge in [-0.15, -0.1) is 0 Å². The van der Waals surface area contributed by atoms with E-state index in [9.17, 15) is 13.6 Å². The number of nitrogens with zero attached hydrogens (tertiary/aromatic N) is 2. The van der Waals surface area contributed by atoms with E-state index in [1.54, 1.807) is 42.5 Å². The Morgan fingerprint density at radius 2 is 1.58 bits per heavy atom. The van der Waals surface area contributed by atoms with Gasteiger partial charge in [-0.05, 0) is 92.3 Å². The Kier molecular flexibility index (Phi) is 7.32. The maximum absolute atomic E-state index is 12.7. The molecule has 0 heterocycles. The van der Waals surface area contributed by atoms with Crippen LogP contribution in [0.4, 0.5) is 17.1 Å². The van der Waals surface area contributed by atoms with E-state index in [1.165, 1.54) is 4.31 Å². The van der Waals surface area contributed by atoms with Crippen LogP contribution in [-0.4, -0.2) is 14.7 Å². The van der Waals surface area contributed by atoms with Gasteiger partial charge >= 0.3 is 0 Å². The number of benzene rings is 3. The molecule has 7 heteroatoms. The first-order valence-electron chi connectivity index (χ1n) is 10.5. The lowest BCUT2D eigenvalue weighted by Gasteiger charge is -2.31. The number of carbonyl (C=O) groups excluding carboxylic acids is 1. The Morgan fingerprint density at radius 3 is 2.12 bits per heavy atom. The van der Waals surface area contributed by atoms with Crippen LogP contribution in [-0.2, 0) is 22.5 Å². The number of anilines is 3. The highest BCUT2D eigenvalue weighted by atomic mass is 32.2. The molecule has 3 aromatic rings. The molecule has 0 aliphatic rings. The number of amides is 1. The van der Waals surface area contributed by atoms with E-state index in [0.29, 0.717) is 22.6 Å². The second-order valence-electron chi connectivity index (χ2n) is 8.15. The van der Waals surface area contributed by atoms with Gasteiger partial charge in [0.1, 0.15) is 0 Å². The second-order valence-corrected chi connectivity index (χ2v) is 8.95. The van der Waals surface area contributed by atoms with Gasteiger partial charge in [0.2, 0.25) is 5.91 Å². The zero-order chi connectivity index (χ0) is 24.3. The van der Waals surface area contributed by atoms with E-state index < -0.39 is 11.3 Å². The molecule has 0 fully saturated rings. The van der Waals surface area contributed by atoms with Gasteiger partial charge in [0.05, 0.1) is 40.7 Å². The molecule has 1 unspecified atom stereocenters. The lowest BCUT2D eigenvalue weighted by atomic mass is 9.98. The number of rotatable bonds is 6. The van der Waals surface area contributed by atoms with Gasteiger partial charge in [0, 0.05) is 5.69 Å². The normalized spacial score (nSPS) is 11.5. The average Bonchev–Trinajstić information content (AvgIpc) is 2.77. The number of carbonyl (C=O) groups is 1. The lowest BCUT2D eigenvalue weighted by Crippen LogP contribution is -2.23. The van der Waals surface area contributed by atoms with E-state index in [4.69, 9.17) is 5.26 Å². The molecule has 6 nitrogen and oxygen atoms in total. The molecule has 3 aromatic carbocycles. The van der Waals surface area contributed by atoms with Crippen molar-refractivity contribution in [3.05, 3.63) is 87.5 Å². The fraction of sp³-hybridized carbons (Fsp3) is 0.231. The Balaban J connectivity index is 1.94. The van der Waals surface area contributed by atoms with Crippen LogP contribution in [0.5, 0.6) is 0 Å². The first-order valence-corrected chi connectivity index (χ1v) is 11.5. The molecule has 0 aliphatic carbocycles. The first kappa shape index (κ1) is 24.2. The van der Waals surface area contributed by atoms with Crippen LogP contribution in [0.15, 0.2) is 48.5 Å². The summed E-state index contributed by atoms with van der Waals surface area (Å²) in [6.07, 6.45) is 0.141. The van der Waals surface area contributed by atoms with Gasteiger partial charge in [-0.2, -0.15) is 5.26 Å². The van der Waals surface area contributed by atoms with Crippen molar-refractivity contribution in [1.29, 1.82) is 5.26 Å². The summed E-state index contributed by atoms with van der Waals surface area (Å²) < 4.78 is 26.0. The molecular formula is C26H26N3O3S-. The third kappa shape index (κ3) is 5.30. The SMILES string of the molecule is Cc1ccc(N(c2c(C)c(C)cc(C)c2C)S(=O)[O-])cc1NC(=O)Cc1ccc(C#N)cc1. The molecule has 1 atom stereocenters. The van der Waals surface area contributed by atoms with Crippen LogP contribution in [0.25, 0.3) is 0 Å². The van der Waals surface area contributed by atoms with Crippen molar-refractivity contribution in [1.82, 2.24) is 0 Å². The number of aryl methyl sites for hydroxylation is 3. The molecule has 0 spiro atoms. The minimum Gasteiger partial charge on any atom is -0.755 e. The standard InChI is InChI=1S/C26H27N3O3S/c1-16-6-11-23(29(33(31)32)26-19(4)17(2)12-18(3)20(26)5)14-24(16)28-25(30)13-21-7-9-22(15-27)10-8-21/h6-12,14H,13H2,1-5H3,(H,28,30)(H,31,32)/p-1. The Bertz CT molecular complexity index is 1250. The summed E-state index contributed by atoms with van der Waals surface area (Å²) in [4.78, 5) is 12.7. The van der Waals surface area contributed by atoms with Crippen molar-refractivity contribution in [2.24, 2.45) is 0 Å². The molecular weight excluding hydrogens is 434 g/mol. The van der Waals surface area contributed by atoms with Crippen LogP contribution >= 0.6 is 0 Å². The van der Waals surface area contributed by atoms with E-state index in [0.717, 1.165) is 33.4 Å². The quantitative estimate of drug-likeness (QED) is 0.511. The van der Waals surface area contributed by atoms with Crippen LogP contribution in [0.1, 0.15) is 38.9 Å². The Labute approximate surface area is 197 Å². The third-order valence-electron chi connectivity index (χ3n) is 5.86. The van der Waals surface area contributed by atoms with E-state index in [2.05, 4.69) is 11.4 Å². The fourth-order valence-electron chi connectivity index (χ4n) is 3.74. The molecule has 0 aliphatic heterocycles. The van der Waals surface area contributed by atoms with Crippen molar-refractivity contribution in [3.63, 3.8) is 0 Å². The zero-order valence-corrected chi connectivity index (χ0v) is 20.2. The van der Waals surface area contributed by atoms with Crippen LogP contribution in [0.2, 0.25) is 0 Å². The second kappa shape index (κ2) is 9.99. The van der Waals surface area contributed by atoms with Crippen molar-refractivity contribution in [2.75, 3.05) is 9.62 Å². The molecule has 0 saturated carbocycles. The summed E-state index contributed by atoms with van der Waals surface area (Å²) >= 11 is -2.56. The highest BCUT2D eigenvalue weighted by Gasteiger charge is 2.19. The van der Waals surface area contributed by atoms with Gasteiger partial charge in [-0.25, -0.2) is 0 Å². The van der Waals surface area contributed by atoms with Crippen LogP contribution in [0.3, 0.4) is 0 Å². The number of hydrogen-bond donors (Lipinski definition) is 1. The van der Waals surface area contributed by atoms with Gasteiger partial charge in [-0.1, -0.05) is 24.3 Å². The van der Waals surface area contributed by atoms with Gasteiger partial charge < -0.3 is 9.87 Å². The van der Waals surface area contributed by atoms with Crippen LogP contribution in [0, 0.1) is 45.9 Å². The Hall–Kier alpha value is -3.47. The predicted octanol–water partition coefficient (Wildman–Crippen LogP) is 5.21. The molecule has 0 aromatic heterocycles. The number of nitriles is 1. The highest BCUT2D eigenvalue weighted by molar-refractivity contribution is 7.81. The van der Waals surface area contributed by atoms with Crippen molar-refractivity contribution < 1.29 is 13.6 Å². The Morgan fingerprint density at radius 1 is 0.970 bits per heavy atom. The molecule has 33 heavy (non-hydrogen) atoms. The summed E-state index contributed by atoms with van der Waals surface area (Å²) in [5.74, 6) is -0.228. The maximum Gasteiger partial charge on any atom is 0.228 e. The topological polar surface area (TPSA) is 96.3 Å². The summed E-state index contributed by atoms with van der Waals surface area (Å²) in [6.45, 7) is 9.59. The summed E-state index contributed by atoms with van der Waals surface area (Å²) in [5.41, 5.74) is 7.52. The average molecular weight is 461 g/mol. The molecule has 3 rings (SSSR count). The van der Waals surface area contributed by atoms with Gasteiger partial charge in [0.15, 0.2) is 0 Å². The smallest absolute Gasteiger partial charge is 0.228 e. The molecule has 0 radical (unpaired) electrons. The van der Waals surface area contributed by atoms with E-state index in [1.807, 2.05) is 40.7 Å². The number of nitrogens with one attached hydrogen (secondary N) is 1. The molecule has 1 N–H and O–H groups in total. The van der Waals surface area contributed by atoms with Crippen molar-refractivity contribution >= 4 is 34.2 Å². The predicted molar refractivity (Wildman–Crippen MR) is 131 cm³/mol. The summed E-state index contributed by atoms with van der Waals surface area (Å²) in [6, 6.07) is 16.1. The minimum absolute atomic E-state index is 0.141. The van der Waals surface area contributed by atoms with Gasteiger partial charge in [-0.3, -0.25) is 13.3 Å².